The summed E-state index contributed by atoms with van der Waals surface area (Å²) in [5.74, 6) is 0. The van der Waals surface area contributed by atoms with E-state index in [1.165, 1.54) is 0 Å². The summed E-state index contributed by atoms with van der Waals surface area (Å²) in [6.45, 7) is 3.76. The molecule has 6 nitrogen and oxygen atoms in total. The second kappa shape index (κ2) is 5.38. The predicted octanol–water partition coefficient (Wildman–Crippen LogP) is -0.100. The van der Waals surface area contributed by atoms with Crippen molar-refractivity contribution in [2.24, 2.45) is 7.05 Å². The van der Waals surface area contributed by atoms with E-state index in [2.05, 4.69) is 15.1 Å². The van der Waals surface area contributed by atoms with Gasteiger partial charge in [0.05, 0.1) is 10.9 Å². The summed E-state index contributed by atoms with van der Waals surface area (Å²) in [5.41, 5.74) is 1.79. The second-order valence-corrected chi connectivity index (χ2v) is 6.77. The Hall–Kier alpha value is -0.920. The number of piperidine rings is 1. The molecule has 2 N–H and O–H groups in total. The highest BCUT2D eigenvalue weighted by Crippen LogP contribution is 2.13. The molecule has 2 heterocycles. The molecule has 0 saturated carbocycles. The standard InChI is InChI=1S/C11H20N4O2S/c1-9-10(8-15(2)14-9)7-13-18(16,17)11-3-5-12-6-4-11/h8,11-13H,3-7H2,1-2H3. The van der Waals surface area contributed by atoms with Crippen LogP contribution < -0.4 is 10.0 Å². The van der Waals surface area contributed by atoms with Gasteiger partial charge in [-0.05, 0) is 32.9 Å². The molecule has 0 atom stereocenters. The Balaban J connectivity index is 1.98. The summed E-state index contributed by atoms with van der Waals surface area (Å²) in [4.78, 5) is 0. The average Bonchev–Trinajstić information content (AvgIpc) is 2.67. The Morgan fingerprint density at radius 3 is 2.72 bits per heavy atom. The Morgan fingerprint density at radius 1 is 1.50 bits per heavy atom. The van der Waals surface area contributed by atoms with Crippen molar-refractivity contribution in [3.63, 3.8) is 0 Å². The van der Waals surface area contributed by atoms with E-state index in [9.17, 15) is 8.42 Å². The molecule has 7 heteroatoms. The topological polar surface area (TPSA) is 76.0 Å². The molecule has 0 unspecified atom stereocenters. The van der Waals surface area contributed by atoms with Gasteiger partial charge in [0.2, 0.25) is 10.0 Å². The highest BCUT2D eigenvalue weighted by Gasteiger charge is 2.26. The fraction of sp³-hybridized carbons (Fsp3) is 0.727. The number of nitrogens with one attached hydrogen (secondary N) is 2. The van der Waals surface area contributed by atoms with E-state index in [1.807, 2.05) is 20.2 Å². The number of hydrogen-bond donors (Lipinski definition) is 2. The van der Waals surface area contributed by atoms with Gasteiger partial charge in [-0.3, -0.25) is 4.68 Å². The lowest BCUT2D eigenvalue weighted by Gasteiger charge is -2.22. The molecule has 1 fully saturated rings. The van der Waals surface area contributed by atoms with Gasteiger partial charge in [-0.25, -0.2) is 13.1 Å². The van der Waals surface area contributed by atoms with Gasteiger partial charge in [0.1, 0.15) is 0 Å². The van der Waals surface area contributed by atoms with Crippen molar-refractivity contribution in [3.8, 4) is 0 Å². The molecule has 1 aliphatic heterocycles. The van der Waals surface area contributed by atoms with E-state index in [0.717, 1.165) is 24.3 Å². The minimum atomic E-state index is -3.22. The van der Waals surface area contributed by atoms with Gasteiger partial charge in [-0.15, -0.1) is 0 Å². The monoisotopic (exact) mass is 272 g/mol. The molecule has 2 rings (SSSR count). The Bertz CT molecular complexity index is 503. The highest BCUT2D eigenvalue weighted by atomic mass is 32.2. The Kier molecular flexibility index (Phi) is 4.04. The molecule has 1 aromatic rings. The third-order valence-corrected chi connectivity index (χ3v) is 5.20. The zero-order chi connectivity index (χ0) is 13.2. The molecule has 0 radical (unpaired) electrons. The molecule has 0 bridgehead atoms. The molecule has 0 aliphatic carbocycles. The van der Waals surface area contributed by atoms with Crippen molar-refractivity contribution in [3.05, 3.63) is 17.5 Å². The largest absolute Gasteiger partial charge is 0.317 e. The van der Waals surface area contributed by atoms with E-state index >= 15 is 0 Å². The molecular formula is C11H20N4O2S. The first kappa shape index (κ1) is 13.5. The summed E-state index contributed by atoms with van der Waals surface area (Å²) in [6, 6.07) is 0. The van der Waals surface area contributed by atoms with Gasteiger partial charge in [-0.1, -0.05) is 0 Å². The van der Waals surface area contributed by atoms with Crippen molar-refractivity contribution in [1.82, 2.24) is 19.8 Å². The molecule has 0 amide bonds. The van der Waals surface area contributed by atoms with Crippen LogP contribution in [0.15, 0.2) is 6.20 Å². The van der Waals surface area contributed by atoms with Crippen molar-refractivity contribution in [2.45, 2.75) is 31.6 Å². The lowest BCUT2D eigenvalue weighted by Crippen LogP contribution is -2.41. The van der Waals surface area contributed by atoms with Gasteiger partial charge in [0.15, 0.2) is 0 Å². The van der Waals surface area contributed by atoms with Crippen molar-refractivity contribution in [1.29, 1.82) is 0 Å². The fourth-order valence-corrected chi connectivity index (χ4v) is 3.67. The van der Waals surface area contributed by atoms with Gasteiger partial charge in [-0.2, -0.15) is 5.10 Å². The summed E-state index contributed by atoms with van der Waals surface area (Å²) in [5, 5.41) is 7.10. The summed E-state index contributed by atoms with van der Waals surface area (Å²) in [7, 11) is -1.38. The molecule has 18 heavy (non-hydrogen) atoms. The van der Waals surface area contributed by atoms with Crippen LogP contribution in [0.3, 0.4) is 0 Å². The molecule has 1 saturated heterocycles. The van der Waals surface area contributed by atoms with Crippen LogP contribution in [0.1, 0.15) is 24.1 Å². The molecular weight excluding hydrogens is 252 g/mol. The SMILES string of the molecule is Cc1nn(C)cc1CNS(=O)(=O)C1CCNCC1. The van der Waals surface area contributed by atoms with Crippen LogP contribution in [0.25, 0.3) is 0 Å². The fourth-order valence-electron chi connectivity index (χ4n) is 2.22. The maximum Gasteiger partial charge on any atom is 0.214 e. The van der Waals surface area contributed by atoms with Gasteiger partial charge >= 0.3 is 0 Å². The van der Waals surface area contributed by atoms with Crippen LogP contribution in [-0.2, 0) is 23.6 Å². The Labute approximate surface area is 108 Å². The van der Waals surface area contributed by atoms with Crippen molar-refractivity contribution in [2.75, 3.05) is 13.1 Å². The first-order valence-electron chi connectivity index (χ1n) is 6.17. The van der Waals surface area contributed by atoms with E-state index in [0.29, 0.717) is 19.4 Å². The van der Waals surface area contributed by atoms with Crippen molar-refractivity contribution < 1.29 is 8.42 Å². The maximum absolute atomic E-state index is 12.1. The number of nitrogens with zero attached hydrogens (tertiary/aromatic N) is 2. The van der Waals surface area contributed by atoms with Crippen LogP contribution in [0.4, 0.5) is 0 Å². The normalized spacial score (nSPS) is 18.1. The number of rotatable bonds is 4. The number of aromatic nitrogens is 2. The van der Waals surface area contributed by atoms with E-state index in [1.54, 1.807) is 4.68 Å². The molecule has 0 spiro atoms. The lowest BCUT2D eigenvalue weighted by molar-refractivity contribution is 0.489. The molecule has 1 aromatic heterocycles. The number of hydrogen-bond acceptors (Lipinski definition) is 4. The van der Waals surface area contributed by atoms with Crippen molar-refractivity contribution >= 4 is 10.0 Å². The molecule has 0 aromatic carbocycles. The van der Waals surface area contributed by atoms with E-state index in [4.69, 9.17) is 0 Å². The van der Waals surface area contributed by atoms with Crippen LogP contribution in [0.5, 0.6) is 0 Å². The third kappa shape index (κ3) is 3.09. The van der Waals surface area contributed by atoms with Crippen LogP contribution in [-0.4, -0.2) is 36.5 Å². The minimum Gasteiger partial charge on any atom is -0.317 e. The van der Waals surface area contributed by atoms with Gasteiger partial charge < -0.3 is 5.32 Å². The predicted molar refractivity (Wildman–Crippen MR) is 69.6 cm³/mol. The smallest absolute Gasteiger partial charge is 0.214 e. The van der Waals surface area contributed by atoms with Crippen LogP contribution >= 0.6 is 0 Å². The van der Waals surface area contributed by atoms with Crippen LogP contribution in [0.2, 0.25) is 0 Å². The van der Waals surface area contributed by atoms with Gasteiger partial charge in [0, 0.05) is 25.4 Å². The molecule has 1 aliphatic rings. The quantitative estimate of drug-likeness (QED) is 0.802. The number of sulfonamides is 1. The minimum absolute atomic E-state index is 0.268. The van der Waals surface area contributed by atoms with Crippen LogP contribution in [0, 0.1) is 6.92 Å². The van der Waals surface area contributed by atoms with E-state index < -0.39 is 10.0 Å². The second-order valence-electron chi connectivity index (χ2n) is 4.73. The highest BCUT2D eigenvalue weighted by molar-refractivity contribution is 7.90. The summed E-state index contributed by atoms with van der Waals surface area (Å²) in [6.07, 6.45) is 3.21. The Morgan fingerprint density at radius 2 is 2.17 bits per heavy atom. The zero-order valence-electron chi connectivity index (χ0n) is 10.8. The maximum atomic E-state index is 12.1. The first-order valence-corrected chi connectivity index (χ1v) is 7.72. The molecule has 102 valence electrons. The zero-order valence-corrected chi connectivity index (χ0v) is 11.6. The van der Waals surface area contributed by atoms with E-state index in [-0.39, 0.29) is 5.25 Å². The first-order chi connectivity index (χ1) is 8.49. The average molecular weight is 272 g/mol. The van der Waals surface area contributed by atoms with Gasteiger partial charge in [0.25, 0.3) is 0 Å². The summed E-state index contributed by atoms with van der Waals surface area (Å²) < 4.78 is 28.6. The summed E-state index contributed by atoms with van der Waals surface area (Å²) >= 11 is 0. The third-order valence-electron chi connectivity index (χ3n) is 3.30. The lowest BCUT2D eigenvalue weighted by atomic mass is 10.2. The number of aryl methyl sites for hydroxylation is 2.